The summed E-state index contributed by atoms with van der Waals surface area (Å²) >= 11 is 0. The Kier molecular flexibility index (Phi) is 4.92. The van der Waals surface area contributed by atoms with Crippen molar-refractivity contribution in [1.29, 1.82) is 0 Å². The van der Waals surface area contributed by atoms with Crippen molar-refractivity contribution in [2.75, 3.05) is 0 Å². The van der Waals surface area contributed by atoms with Crippen LogP contribution in [0.4, 0.5) is 0 Å². The first-order valence-electron chi connectivity index (χ1n) is 3.73. The summed E-state index contributed by atoms with van der Waals surface area (Å²) in [5.41, 5.74) is 0. The van der Waals surface area contributed by atoms with E-state index in [4.69, 9.17) is 0 Å². The molecule has 0 spiro atoms. The van der Waals surface area contributed by atoms with Gasteiger partial charge in [-0.3, -0.25) is 9.59 Å². The minimum absolute atomic E-state index is 0.0330. The summed E-state index contributed by atoms with van der Waals surface area (Å²) in [6.07, 6.45) is 0.924. The van der Waals surface area contributed by atoms with Crippen LogP contribution in [-0.4, -0.2) is 17.7 Å². The van der Waals surface area contributed by atoms with Gasteiger partial charge in [0.05, 0.1) is 0 Å². The molecular formula is C8H12O4. The fourth-order valence-electron chi connectivity index (χ4n) is 0.693. The fraction of sp³-hybridized carbons (Fsp3) is 0.625. The Hall–Kier alpha value is -1.19. The van der Waals surface area contributed by atoms with Gasteiger partial charge in [0, 0.05) is 19.8 Å². The van der Waals surface area contributed by atoms with Crippen LogP contribution >= 0.6 is 0 Å². The van der Waals surface area contributed by atoms with E-state index in [1.807, 2.05) is 0 Å². The largest absolute Gasteiger partial charge is 0.393 e. The number of ether oxygens (including phenoxy) is 1. The molecule has 0 aromatic heterocycles. The summed E-state index contributed by atoms with van der Waals surface area (Å²) < 4.78 is 4.24. The molecule has 0 fully saturated rings. The van der Waals surface area contributed by atoms with Gasteiger partial charge < -0.3 is 9.53 Å². The molecule has 0 rings (SSSR count). The van der Waals surface area contributed by atoms with E-state index >= 15 is 0 Å². The van der Waals surface area contributed by atoms with Crippen LogP contribution in [0.3, 0.4) is 0 Å². The van der Waals surface area contributed by atoms with Gasteiger partial charge in [0.25, 0.3) is 0 Å². The standard InChI is InChI=1S/C8H12O4/c1-6(9)4-3-5-8(11)12-7(2)10/h3-5H2,1-2H3. The summed E-state index contributed by atoms with van der Waals surface area (Å²) in [5.74, 6) is -1.14. The van der Waals surface area contributed by atoms with Gasteiger partial charge in [-0.1, -0.05) is 0 Å². The van der Waals surface area contributed by atoms with Gasteiger partial charge >= 0.3 is 11.9 Å². The first kappa shape index (κ1) is 10.8. The van der Waals surface area contributed by atoms with Crippen molar-refractivity contribution in [2.45, 2.75) is 33.1 Å². The highest BCUT2D eigenvalue weighted by molar-refractivity contribution is 5.84. The highest BCUT2D eigenvalue weighted by atomic mass is 16.6. The van der Waals surface area contributed by atoms with Crippen molar-refractivity contribution in [2.24, 2.45) is 0 Å². The highest BCUT2D eigenvalue weighted by Crippen LogP contribution is 1.98. The summed E-state index contributed by atoms with van der Waals surface area (Å²) in [4.78, 5) is 31.4. The maximum Gasteiger partial charge on any atom is 0.313 e. The van der Waals surface area contributed by atoms with E-state index in [2.05, 4.69) is 4.74 Å². The smallest absolute Gasteiger partial charge is 0.313 e. The number of rotatable bonds is 4. The minimum Gasteiger partial charge on any atom is -0.393 e. The Balaban J connectivity index is 3.44. The van der Waals surface area contributed by atoms with Crippen molar-refractivity contribution in [3.05, 3.63) is 0 Å². The summed E-state index contributed by atoms with van der Waals surface area (Å²) in [6, 6.07) is 0. The van der Waals surface area contributed by atoms with E-state index in [0.717, 1.165) is 0 Å². The second-order valence-corrected chi connectivity index (χ2v) is 2.52. The number of carbonyl (C=O) groups is 3. The summed E-state index contributed by atoms with van der Waals surface area (Å²) in [6.45, 7) is 2.62. The third-order valence-electron chi connectivity index (χ3n) is 1.17. The molecule has 0 saturated carbocycles. The van der Waals surface area contributed by atoms with Crippen LogP contribution in [0.2, 0.25) is 0 Å². The van der Waals surface area contributed by atoms with Crippen LogP contribution < -0.4 is 0 Å². The topological polar surface area (TPSA) is 60.4 Å². The number of hydrogen-bond acceptors (Lipinski definition) is 4. The number of hydrogen-bond donors (Lipinski definition) is 0. The average Bonchev–Trinajstić information content (AvgIpc) is 1.84. The zero-order valence-electron chi connectivity index (χ0n) is 7.25. The summed E-state index contributed by atoms with van der Waals surface area (Å²) in [5, 5.41) is 0. The molecule has 68 valence electrons. The molecule has 0 amide bonds. The predicted molar refractivity (Wildman–Crippen MR) is 41.3 cm³/mol. The maximum atomic E-state index is 10.7. The minimum atomic E-state index is -0.608. The van der Waals surface area contributed by atoms with E-state index in [1.54, 1.807) is 0 Å². The molecule has 0 N–H and O–H groups in total. The molecule has 4 nitrogen and oxygen atoms in total. The number of Topliss-reactive ketones (excluding diaryl/α,β-unsaturated/α-hetero) is 1. The van der Waals surface area contributed by atoms with Crippen molar-refractivity contribution >= 4 is 17.7 Å². The van der Waals surface area contributed by atoms with Gasteiger partial charge in [-0.2, -0.15) is 0 Å². The Labute approximate surface area is 70.9 Å². The van der Waals surface area contributed by atoms with Crippen LogP contribution in [0.15, 0.2) is 0 Å². The van der Waals surface area contributed by atoms with E-state index in [0.29, 0.717) is 12.8 Å². The lowest BCUT2D eigenvalue weighted by Crippen LogP contribution is -2.08. The van der Waals surface area contributed by atoms with E-state index in [-0.39, 0.29) is 12.2 Å². The lowest BCUT2D eigenvalue weighted by molar-refractivity contribution is -0.158. The third-order valence-corrected chi connectivity index (χ3v) is 1.17. The highest BCUT2D eigenvalue weighted by Gasteiger charge is 2.05. The first-order valence-corrected chi connectivity index (χ1v) is 3.73. The zero-order valence-corrected chi connectivity index (χ0v) is 7.25. The Morgan fingerprint density at radius 2 is 1.67 bits per heavy atom. The van der Waals surface area contributed by atoms with Gasteiger partial charge in [-0.15, -0.1) is 0 Å². The molecule has 0 radical (unpaired) electrons. The van der Waals surface area contributed by atoms with Crippen molar-refractivity contribution in [3.63, 3.8) is 0 Å². The molecule has 0 aliphatic heterocycles. The van der Waals surface area contributed by atoms with Gasteiger partial charge in [0.1, 0.15) is 5.78 Å². The molecule has 4 heteroatoms. The van der Waals surface area contributed by atoms with Crippen LogP contribution in [0.1, 0.15) is 33.1 Å². The first-order chi connectivity index (χ1) is 5.52. The fourth-order valence-corrected chi connectivity index (χ4v) is 0.693. The molecule has 0 unspecified atom stereocenters. The molecule has 0 aliphatic carbocycles. The van der Waals surface area contributed by atoms with Crippen LogP contribution in [0, 0.1) is 0 Å². The van der Waals surface area contributed by atoms with Crippen LogP contribution in [0.25, 0.3) is 0 Å². The number of ketones is 1. The molecule has 0 aromatic carbocycles. The third kappa shape index (κ3) is 6.92. The SMILES string of the molecule is CC(=O)CCCC(=O)OC(C)=O. The van der Waals surface area contributed by atoms with Gasteiger partial charge in [-0.25, -0.2) is 0 Å². The maximum absolute atomic E-state index is 10.7. The zero-order chi connectivity index (χ0) is 9.56. The predicted octanol–water partition coefficient (Wildman–Crippen LogP) is 0.835. The molecule has 0 bridgehead atoms. The van der Waals surface area contributed by atoms with Gasteiger partial charge in [0.15, 0.2) is 0 Å². The molecule has 0 aliphatic rings. The van der Waals surface area contributed by atoms with Crippen molar-refractivity contribution < 1.29 is 19.1 Å². The normalized spacial score (nSPS) is 9.17. The Morgan fingerprint density at radius 3 is 2.08 bits per heavy atom. The van der Waals surface area contributed by atoms with Crippen molar-refractivity contribution in [1.82, 2.24) is 0 Å². The van der Waals surface area contributed by atoms with Crippen LogP contribution in [-0.2, 0) is 19.1 Å². The lowest BCUT2D eigenvalue weighted by Gasteiger charge is -1.97. The van der Waals surface area contributed by atoms with Gasteiger partial charge in [-0.05, 0) is 13.3 Å². The number of carbonyl (C=O) groups excluding carboxylic acids is 3. The molecule has 0 atom stereocenters. The quantitative estimate of drug-likeness (QED) is 0.465. The second kappa shape index (κ2) is 5.46. The van der Waals surface area contributed by atoms with E-state index in [9.17, 15) is 14.4 Å². The lowest BCUT2D eigenvalue weighted by atomic mass is 10.2. The molecule has 0 saturated heterocycles. The second-order valence-electron chi connectivity index (χ2n) is 2.52. The molecule has 12 heavy (non-hydrogen) atoms. The molecule has 0 aromatic rings. The molecule has 0 heterocycles. The average molecular weight is 172 g/mol. The number of esters is 2. The summed E-state index contributed by atoms with van der Waals surface area (Å²) in [7, 11) is 0. The van der Waals surface area contributed by atoms with E-state index in [1.165, 1.54) is 13.8 Å². The molecular weight excluding hydrogens is 160 g/mol. The Bertz CT molecular complexity index is 195. The van der Waals surface area contributed by atoms with Crippen molar-refractivity contribution in [3.8, 4) is 0 Å². The monoisotopic (exact) mass is 172 g/mol. The van der Waals surface area contributed by atoms with E-state index < -0.39 is 11.9 Å². The Morgan fingerprint density at radius 1 is 1.08 bits per heavy atom. The van der Waals surface area contributed by atoms with Gasteiger partial charge in [0.2, 0.25) is 0 Å². The van der Waals surface area contributed by atoms with Crippen LogP contribution in [0.5, 0.6) is 0 Å².